The molecule has 0 fully saturated rings. The minimum Gasteiger partial charge on any atom is 1.00 e. The summed E-state index contributed by atoms with van der Waals surface area (Å²) >= 11 is 2.58. The molecule has 0 atom stereocenters. The molecule has 0 amide bonds. The van der Waals surface area contributed by atoms with Gasteiger partial charge in [-0.3, -0.25) is 0 Å². The Morgan fingerprint density at radius 2 is 1.50 bits per heavy atom. The van der Waals surface area contributed by atoms with Gasteiger partial charge in [0, 0.05) is 0 Å². The molecular weight excluding hydrogens is 162 g/mol. The standard InChI is InChI=1S/Co.Na.O3S/c;;1-4(2)3/q;+1;-1. The van der Waals surface area contributed by atoms with Crippen LogP contribution in [-0.4, -0.2) is 13.0 Å². The van der Waals surface area contributed by atoms with Crippen molar-refractivity contribution in [2.75, 3.05) is 0 Å². The van der Waals surface area contributed by atoms with Gasteiger partial charge in [-0.1, -0.05) is 0 Å². The summed E-state index contributed by atoms with van der Waals surface area (Å²) in [7, 11) is -4.23. The van der Waals surface area contributed by atoms with Crippen molar-refractivity contribution in [3.63, 3.8) is 0 Å². The van der Waals surface area contributed by atoms with Gasteiger partial charge in [0.2, 0.25) is 0 Å². The monoisotopic (exact) mass is 162 g/mol. The van der Waals surface area contributed by atoms with Gasteiger partial charge in [0.25, 0.3) is 0 Å². The molecule has 0 rings (SSSR count). The number of hydrogen-bond acceptors (Lipinski definition) is 3. The van der Waals surface area contributed by atoms with E-state index in [-0.39, 0.29) is 29.6 Å². The Balaban J connectivity index is 0. The minimum atomic E-state index is -4.23. The van der Waals surface area contributed by atoms with E-state index in [9.17, 15) is 0 Å². The van der Waals surface area contributed by atoms with Gasteiger partial charge in [-0.2, -0.15) is 0 Å². The first-order chi connectivity index (χ1) is 2.00. The Bertz CT molecular complexity index is 94.0. The van der Waals surface area contributed by atoms with E-state index in [1.807, 2.05) is 0 Å². The average Bonchev–Trinajstić information content (AvgIpc) is 0.722. The Morgan fingerprint density at radius 1 is 1.50 bits per heavy atom. The molecule has 34 valence electrons. The molecular formula is CoNaO3S. The van der Waals surface area contributed by atoms with E-state index < -0.39 is 8.59 Å². The molecule has 0 radical (unpaired) electrons. The van der Waals surface area contributed by atoms with Crippen molar-refractivity contribution in [2.24, 2.45) is 0 Å². The maximum absolute atomic E-state index is 8.94. The van der Waals surface area contributed by atoms with Crippen LogP contribution in [-0.2, 0) is 23.2 Å². The predicted molar refractivity (Wildman–Crippen MR) is 9.70 cm³/mol. The molecule has 0 aromatic rings. The van der Waals surface area contributed by atoms with Crippen LogP contribution in [0.5, 0.6) is 0 Å². The van der Waals surface area contributed by atoms with E-state index in [1.54, 1.807) is 0 Å². The summed E-state index contributed by atoms with van der Waals surface area (Å²) in [5.74, 6) is 0. The van der Waals surface area contributed by atoms with Gasteiger partial charge >= 0.3 is 65.7 Å². The maximum atomic E-state index is 8.94. The molecule has 0 spiro atoms. The fourth-order valence-corrected chi connectivity index (χ4v) is 0. The summed E-state index contributed by atoms with van der Waals surface area (Å²) in [4.78, 5) is 0. The minimum absolute atomic E-state index is 0. The van der Waals surface area contributed by atoms with Crippen LogP contribution < -0.4 is 29.6 Å². The molecule has 0 bridgehead atoms. The van der Waals surface area contributed by atoms with Crippen LogP contribution in [0.4, 0.5) is 0 Å². The van der Waals surface area contributed by atoms with Crippen LogP contribution in [0.2, 0.25) is 0 Å². The Morgan fingerprint density at radius 3 is 1.50 bits per heavy atom. The van der Waals surface area contributed by atoms with Gasteiger partial charge in [-0.15, -0.1) is 0 Å². The van der Waals surface area contributed by atoms with Gasteiger partial charge in [0.05, 0.1) is 0 Å². The summed E-state index contributed by atoms with van der Waals surface area (Å²) in [6, 6.07) is 0. The van der Waals surface area contributed by atoms with Gasteiger partial charge < -0.3 is 0 Å². The number of hydrogen-bond donors (Lipinski definition) is 0. The zero-order valence-electron chi connectivity index (χ0n) is 2.97. The second kappa shape index (κ2) is 3.42. The van der Waals surface area contributed by atoms with Gasteiger partial charge in [0.1, 0.15) is 0 Å². The molecule has 0 aromatic heterocycles. The topological polar surface area (TPSA) is 57.2 Å². The first-order valence-corrected chi connectivity index (χ1v) is 3.18. The predicted octanol–water partition coefficient (Wildman–Crippen LogP) is -4.00. The Kier molecular flexibility index (Phi) is 5.94. The van der Waals surface area contributed by atoms with Crippen LogP contribution in [0.3, 0.4) is 0 Å². The second-order valence-electron chi connectivity index (χ2n) is 0.371. The molecule has 0 aliphatic heterocycles. The molecule has 0 N–H and O–H groups in total. The van der Waals surface area contributed by atoms with Crippen LogP contribution in [0.15, 0.2) is 0 Å². The van der Waals surface area contributed by atoms with Gasteiger partial charge in [-0.05, 0) is 0 Å². The third-order valence-electron chi connectivity index (χ3n) is 0. The van der Waals surface area contributed by atoms with Crippen molar-refractivity contribution >= 4 is 8.59 Å². The molecule has 0 saturated heterocycles. The number of rotatable bonds is 0. The van der Waals surface area contributed by atoms with Crippen LogP contribution in [0.1, 0.15) is 0 Å². The van der Waals surface area contributed by atoms with Crippen LogP contribution in [0, 0.1) is 0 Å². The SMILES string of the molecule is O=[S](=O)([O-])[Co].[Na+]. The summed E-state index contributed by atoms with van der Waals surface area (Å²) in [5.41, 5.74) is 0. The normalized spacial score (nSPS) is 9.83. The average molecular weight is 162 g/mol. The van der Waals surface area contributed by atoms with Gasteiger partial charge in [-0.25, -0.2) is 0 Å². The van der Waals surface area contributed by atoms with E-state index in [0.29, 0.717) is 0 Å². The van der Waals surface area contributed by atoms with Crippen molar-refractivity contribution in [3.05, 3.63) is 0 Å². The summed E-state index contributed by atoms with van der Waals surface area (Å²) in [6.07, 6.45) is 0. The van der Waals surface area contributed by atoms with Gasteiger partial charge in [0.15, 0.2) is 0 Å². The molecule has 6 heteroatoms. The molecule has 0 unspecified atom stereocenters. The van der Waals surface area contributed by atoms with E-state index in [1.165, 1.54) is 0 Å². The fraction of sp³-hybridized carbons (Fsp3) is 0. The summed E-state index contributed by atoms with van der Waals surface area (Å²) in [6.45, 7) is 0. The first-order valence-electron chi connectivity index (χ1n) is 0.636. The van der Waals surface area contributed by atoms with E-state index in [0.717, 1.165) is 0 Å². The molecule has 3 nitrogen and oxygen atoms in total. The zero-order valence-corrected chi connectivity index (χ0v) is 6.82. The molecule has 0 aliphatic carbocycles. The quantitative estimate of drug-likeness (QED) is 0.269. The smallest absolute Gasteiger partial charge is 1.00 e. The van der Waals surface area contributed by atoms with E-state index in [4.69, 9.17) is 13.0 Å². The second-order valence-corrected chi connectivity index (χ2v) is 2.67. The third-order valence-corrected chi connectivity index (χ3v) is 0. The summed E-state index contributed by atoms with van der Waals surface area (Å²) in [5, 5.41) is 0. The molecule has 0 saturated carbocycles. The first kappa shape index (κ1) is 10.4. The Hall–Kier alpha value is 1.42. The molecule has 0 heterocycles. The zero-order chi connectivity index (χ0) is 4.50. The molecule has 0 aromatic carbocycles. The van der Waals surface area contributed by atoms with Crippen molar-refractivity contribution in [2.45, 2.75) is 0 Å². The van der Waals surface area contributed by atoms with Crippen molar-refractivity contribution in [3.8, 4) is 0 Å². The Labute approximate surface area is 65.2 Å². The molecule has 6 heavy (non-hydrogen) atoms. The van der Waals surface area contributed by atoms with Crippen molar-refractivity contribution in [1.82, 2.24) is 0 Å². The largest absolute Gasteiger partial charge is 1.00 e. The maximum Gasteiger partial charge on any atom is 1.00 e. The van der Waals surface area contributed by atoms with Crippen LogP contribution >= 0.6 is 0 Å². The fourth-order valence-electron chi connectivity index (χ4n) is 0. The van der Waals surface area contributed by atoms with Crippen LogP contribution in [0.25, 0.3) is 0 Å². The van der Waals surface area contributed by atoms with Crippen molar-refractivity contribution < 1.29 is 57.2 Å². The molecule has 0 aliphatic rings. The van der Waals surface area contributed by atoms with E-state index in [2.05, 4.69) is 14.6 Å². The van der Waals surface area contributed by atoms with E-state index >= 15 is 0 Å². The van der Waals surface area contributed by atoms with Crippen molar-refractivity contribution in [1.29, 1.82) is 0 Å². The third kappa shape index (κ3) is 52.7. The summed E-state index contributed by atoms with van der Waals surface area (Å²) < 4.78 is 26.8.